The molecule has 1 aromatic heterocycles. The Kier molecular flexibility index (Phi) is 4.58. The minimum Gasteiger partial charge on any atom is -0.298 e. The van der Waals surface area contributed by atoms with Gasteiger partial charge in [0.2, 0.25) is 0 Å². The van der Waals surface area contributed by atoms with Crippen LogP contribution in [0.2, 0.25) is 0 Å². The summed E-state index contributed by atoms with van der Waals surface area (Å²) < 4.78 is 2.27. The van der Waals surface area contributed by atoms with Crippen molar-refractivity contribution in [2.24, 2.45) is 0 Å². The van der Waals surface area contributed by atoms with Gasteiger partial charge in [-0.15, -0.1) is 0 Å². The van der Waals surface area contributed by atoms with Crippen LogP contribution in [0.4, 0.5) is 0 Å². The van der Waals surface area contributed by atoms with E-state index in [1.54, 1.807) is 0 Å². The summed E-state index contributed by atoms with van der Waals surface area (Å²) in [5, 5.41) is 1.38. The Morgan fingerprint density at radius 1 is 1.04 bits per heavy atom. The maximum Gasteiger partial charge on any atom is 0.0618 e. The Hall–Kier alpha value is -2.50. The number of benzene rings is 2. The van der Waals surface area contributed by atoms with Crippen LogP contribution in [-0.2, 0) is 6.42 Å². The van der Waals surface area contributed by atoms with Crippen molar-refractivity contribution in [3.05, 3.63) is 69.9 Å². The first kappa shape index (κ1) is 17.9. The Bertz CT molecular complexity index is 1080. The van der Waals surface area contributed by atoms with E-state index in [0.29, 0.717) is 6.04 Å². The maximum atomic E-state index is 3.50. The minimum absolute atomic E-state index is 0.426. The van der Waals surface area contributed by atoms with Crippen LogP contribution in [0.1, 0.15) is 52.9 Å². The predicted octanol–water partition coefficient (Wildman–Crippen LogP) is 5.36. The topological polar surface area (TPSA) is 8.17 Å². The van der Waals surface area contributed by atoms with E-state index < -0.39 is 0 Å². The highest BCUT2D eigenvalue weighted by Crippen LogP contribution is 2.37. The van der Waals surface area contributed by atoms with Crippen molar-refractivity contribution in [1.29, 1.82) is 0 Å². The second-order valence-electron chi connectivity index (χ2n) is 7.91. The minimum atomic E-state index is 0.426. The van der Waals surface area contributed by atoms with Gasteiger partial charge in [0, 0.05) is 23.5 Å². The highest BCUT2D eigenvalue weighted by atomic mass is 15.2. The number of likely N-dealkylation sites (N-methyl/N-ethyl adjacent to an activating group) is 1. The lowest BCUT2D eigenvalue weighted by molar-refractivity contribution is 0.219. The highest BCUT2D eigenvalue weighted by molar-refractivity contribution is 5.87. The summed E-state index contributed by atoms with van der Waals surface area (Å²) in [5.41, 5.74) is 9.14. The third-order valence-corrected chi connectivity index (χ3v) is 6.04. The number of fused-ring (bicyclic) bond motifs is 3. The second kappa shape index (κ2) is 6.91. The zero-order valence-electron chi connectivity index (χ0n) is 17.1. The van der Waals surface area contributed by atoms with Gasteiger partial charge in [0.15, 0.2) is 0 Å². The molecule has 0 saturated heterocycles. The van der Waals surface area contributed by atoms with Crippen LogP contribution in [0.3, 0.4) is 0 Å². The van der Waals surface area contributed by atoms with Gasteiger partial charge >= 0.3 is 0 Å². The molecule has 1 unspecified atom stereocenters. The van der Waals surface area contributed by atoms with Crippen LogP contribution in [0.15, 0.2) is 36.4 Å². The molecule has 2 nitrogen and oxygen atoms in total. The number of hydrogen-bond acceptors (Lipinski definition) is 1. The molecule has 2 heterocycles. The predicted molar refractivity (Wildman–Crippen MR) is 114 cm³/mol. The average Bonchev–Trinajstić information content (AvgIpc) is 2.95. The van der Waals surface area contributed by atoms with Crippen molar-refractivity contribution >= 4 is 10.9 Å². The molecule has 4 rings (SSSR count). The smallest absolute Gasteiger partial charge is 0.0618 e. The van der Waals surface area contributed by atoms with Crippen LogP contribution < -0.4 is 0 Å². The lowest BCUT2D eigenvalue weighted by Crippen LogP contribution is -2.32. The Morgan fingerprint density at radius 3 is 2.59 bits per heavy atom. The van der Waals surface area contributed by atoms with E-state index in [9.17, 15) is 0 Å². The molecule has 1 aliphatic heterocycles. The number of aryl methyl sites for hydroxylation is 3. The molecule has 27 heavy (non-hydrogen) atoms. The van der Waals surface area contributed by atoms with Gasteiger partial charge < -0.3 is 0 Å². The van der Waals surface area contributed by atoms with Gasteiger partial charge in [-0.2, -0.15) is 0 Å². The molecule has 2 heteroatoms. The van der Waals surface area contributed by atoms with Crippen LogP contribution in [-0.4, -0.2) is 23.1 Å². The van der Waals surface area contributed by atoms with Gasteiger partial charge in [0.1, 0.15) is 0 Å². The molecule has 0 saturated carbocycles. The van der Waals surface area contributed by atoms with Gasteiger partial charge in [-0.3, -0.25) is 9.47 Å². The summed E-state index contributed by atoms with van der Waals surface area (Å²) in [4.78, 5) is 2.47. The van der Waals surface area contributed by atoms with Crippen molar-refractivity contribution in [3.63, 3.8) is 0 Å². The first-order chi connectivity index (χ1) is 13.0. The fourth-order valence-electron chi connectivity index (χ4n) is 4.32. The zero-order chi connectivity index (χ0) is 19.1. The molecule has 0 radical (unpaired) electrons. The number of aromatic nitrogens is 1. The fraction of sp³-hybridized carbons (Fsp3) is 0.360. The standard InChI is InChI=1S/C25H28N2/c1-6-23-25-21(12-13-26(23)5)22-15-17(2)7-10-24(22)27(25)14-11-20-9-8-18(3)19(4)16-20/h7-10,15-16,23H,6,12-13H2,1-5H3. The molecule has 0 spiro atoms. The Labute approximate surface area is 162 Å². The van der Waals surface area contributed by atoms with Crippen molar-refractivity contribution < 1.29 is 0 Å². The SMILES string of the molecule is CCC1c2c(c3cc(C)ccc3n2C#Cc2ccc(C)c(C)c2)CCN1C. The monoisotopic (exact) mass is 356 g/mol. The van der Waals surface area contributed by atoms with Gasteiger partial charge in [-0.05, 0) is 87.5 Å². The van der Waals surface area contributed by atoms with Crippen molar-refractivity contribution in [3.8, 4) is 12.0 Å². The summed E-state index contributed by atoms with van der Waals surface area (Å²) >= 11 is 0. The Balaban J connectivity index is 1.93. The summed E-state index contributed by atoms with van der Waals surface area (Å²) in [6.45, 7) is 9.87. The lowest BCUT2D eigenvalue weighted by atomic mass is 9.96. The summed E-state index contributed by atoms with van der Waals surface area (Å²) in [7, 11) is 2.24. The summed E-state index contributed by atoms with van der Waals surface area (Å²) in [5.74, 6) is 3.43. The van der Waals surface area contributed by atoms with Crippen LogP contribution in [0.5, 0.6) is 0 Å². The van der Waals surface area contributed by atoms with Crippen molar-refractivity contribution in [1.82, 2.24) is 9.47 Å². The van der Waals surface area contributed by atoms with E-state index in [1.165, 1.54) is 38.9 Å². The van der Waals surface area contributed by atoms with Gasteiger partial charge in [0.25, 0.3) is 0 Å². The molecular weight excluding hydrogens is 328 g/mol. The third kappa shape index (κ3) is 3.07. The molecule has 0 bridgehead atoms. The molecule has 3 aromatic rings. The number of hydrogen-bond donors (Lipinski definition) is 0. The van der Waals surface area contributed by atoms with Crippen LogP contribution in [0, 0.1) is 32.7 Å². The maximum absolute atomic E-state index is 3.50. The molecule has 2 aromatic carbocycles. The van der Waals surface area contributed by atoms with Crippen LogP contribution in [0.25, 0.3) is 10.9 Å². The quantitative estimate of drug-likeness (QED) is 0.533. The molecular formula is C25H28N2. The van der Waals surface area contributed by atoms with E-state index in [-0.39, 0.29) is 0 Å². The third-order valence-electron chi connectivity index (χ3n) is 6.04. The van der Waals surface area contributed by atoms with E-state index in [2.05, 4.69) is 92.6 Å². The molecule has 138 valence electrons. The summed E-state index contributed by atoms with van der Waals surface area (Å²) in [6.07, 6.45) is 2.20. The summed E-state index contributed by atoms with van der Waals surface area (Å²) in [6, 6.07) is 17.2. The van der Waals surface area contributed by atoms with E-state index in [4.69, 9.17) is 0 Å². The van der Waals surface area contributed by atoms with E-state index in [1.807, 2.05) is 0 Å². The lowest BCUT2D eigenvalue weighted by Gasteiger charge is -2.32. The average molecular weight is 357 g/mol. The largest absolute Gasteiger partial charge is 0.298 e. The van der Waals surface area contributed by atoms with Gasteiger partial charge in [0.05, 0.1) is 17.3 Å². The Morgan fingerprint density at radius 2 is 1.85 bits per heavy atom. The van der Waals surface area contributed by atoms with E-state index >= 15 is 0 Å². The second-order valence-corrected chi connectivity index (χ2v) is 7.91. The zero-order valence-corrected chi connectivity index (χ0v) is 17.1. The molecule has 0 amide bonds. The van der Waals surface area contributed by atoms with Crippen molar-refractivity contribution in [2.75, 3.05) is 13.6 Å². The molecule has 0 fully saturated rings. The van der Waals surface area contributed by atoms with Gasteiger partial charge in [-0.25, -0.2) is 0 Å². The first-order valence-corrected chi connectivity index (χ1v) is 9.93. The van der Waals surface area contributed by atoms with E-state index in [0.717, 1.165) is 24.9 Å². The first-order valence-electron chi connectivity index (χ1n) is 9.93. The fourth-order valence-corrected chi connectivity index (χ4v) is 4.32. The molecule has 0 N–H and O–H groups in total. The van der Waals surface area contributed by atoms with Crippen molar-refractivity contribution in [2.45, 2.75) is 46.6 Å². The normalized spacial score (nSPS) is 16.9. The number of nitrogens with zero attached hydrogens (tertiary/aromatic N) is 2. The molecule has 1 aliphatic rings. The van der Waals surface area contributed by atoms with Gasteiger partial charge in [-0.1, -0.05) is 24.6 Å². The molecule has 1 atom stereocenters. The highest BCUT2D eigenvalue weighted by Gasteiger charge is 2.29. The number of rotatable bonds is 1. The molecule has 0 aliphatic carbocycles. The van der Waals surface area contributed by atoms with Crippen LogP contribution >= 0.6 is 0 Å².